The van der Waals surface area contributed by atoms with Gasteiger partial charge in [0.05, 0.1) is 11.3 Å². The van der Waals surface area contributed by atoms with Crippen LogP contribution in [-0.4, -0.2) is 23.8 Å². The van der Waals surface area contributed by atoms with Crippen LogP contribution in [0, 0.1) is 13.8 Å². The lowest BCUT2D eigenvalue weighted by atomic mass is 9.86. The molecule has 15 heteroatoms. The van der Waals surface area contributed by atoms with Crippen LogP contribution in [0.2, 0.25) is 30.1 Å². The molecule has 4 aromatic rings. The average Bonchev–Trinajstić information content (AvgIpc) is 3.45. The Balaban J connectivity index is 0.000000221. The van der Waals surface area contributed by atoms with Gasteiger partial charge in [0.15, 0.2) is 5.78 Å². The van der Waals surface area contributed by atoms with Gasteiger partial charge in [-0.1, -0.05) is 80.8 Å². The fraction of sp³-hybridized carbons (Fsp3) is 0.176. The topological polar surface area (TPSA) is 38.7 Å². The summed E-state index contributed by atoms with van der Waals surface area (Å²) in [6.07, 6.45) is -9.42. The highest BCUT2D eigenvalue weighted by molar-refractivity contribution is 6.35. The van der Waals surface area contributed by atoms with E-state index in [0.717, 1.165) is 17.7 Å². The van der Waals surface area contributed by atoms with E-state index in [0.29, 0.717) is 27.2 Å². The summed E-state index contributed by atoms with van der Waals surface area (Å²) >= 11 is 35.1. The zero-order valence-electron chi connectivity index (χ0n) is 25.0. The van der Waals surface area contributed by atoms with Crippen molar-refractivity contribution in [1.82, 2.24) is 0 Å². The zero-order chi connectivity index (χ0) is 36.5. The lowest BCUT2D eigenvalue weighted by Gasteiger charge is -2.29. The Morgan fingerprint density at radius 1 is 0.714 bits per heavy atom. The Hall–Kier alpha value is -2.92. The molecule has 0 fully saturated rings. The SMILES string of the molecule is Cc1cc(C(=O)C=C(c2cc(Cl)cc(Cl)c2)C(F)(F)F)ccc1Cl.Cc1cc(C2=NOC(c3cc(Cl)cc(Cl)c3)(C(F)(F)F)C2)ccc1Cl. The Labute approximate surface area is 306 Å². The molecule has 258 valence electrons. The highest BCUT2D eigenvalue weighted by Crippen LogP contribution is 2.50. The van der Waals surface area contributed by atoms with E-state index >= 15 is 0 Å². The molecule has 0 aliphatic carbocycles. The van der Waals surface area contributed by atoms with Gasteiger partial charge in [0.25, 0.3) is 5.60 Å². The predicted molar refractivity (Wildman–Crippen MR) is 184 cm³/mol. The van der Waals surface area contributed by atoms with Gasteiger partial charge in [-0.3, -0.25) is 4.79 Å². The number of carbonyl (C=O) groups excluding carboxylic acids is 1. The summed E-state index contributed by atoms with van der Waals surface area (Å²) in [4.78, 5) is 17.2. The summed E-state index contributed by atoms with van der Waals surface area (Å²) in [5, 5.41) is 4.91. The van der Waals surface area contributed by atoms with Crippen LogP contribution < -0.4 is 0 Å². The standard InChI is InChI=1S/C17H11Cl3F3NO.C17H10Cl3F3O/c1-9-4-10(2-3-14(9)20)15-8-16(25-24-15,17(21,22)23)11-5-12(18)7-13(19)6-11;1-9-4-10(2-3-15(9)20)16(24)8-14(17(21,22)23)11-5-12(18)7-13(19)6-11/h2-7H,8H2,1H3;2-8H,1H3. The van der Waals surface area contributed by atoms with Crippen LogP contribution in [0.5, 0.6) is 0 Å². The normalized spacial score (nSPS) is 16.4. The number of alkyl halides is 6. The molecule has 0 saturated carbocycles. The fourth-order valence-electron chi connectivity index (χ4n) is 4.72. The highest BCUT2D eigenvalue weighted by Gasteiger charge is 2.62. The second-order valence-electron chi connectivity index (χ2n) is 10.8. The number of hydrogen-bond donors (Lipinski definition) is 0. The molecule has 49 heavy (non-hydrogen) atoms. The van der Waals surface area contributed by atoms with Crippen LogP contribution in [0.3, 0.4) is 0 Å². The largest absolute Gasteiger partial charge is 0.435 e. The van der Waals surface area contributed by atoms with Crippen LogP contribution in [-0.2, 0) is 10.4 Å². The second kappa shape index (κ2) is 15.1. The number of rotatable bonds is 5. The third-order valence-electron chi connectivity index (χ3n) is 7.20. The predicted octanol–water partition coefficient (Wildman–Crippen LogP) is 13.3. The smallest absolute Gasteiger partial charge is 0.374 e. The van der Waals surface area contributed by atoms with Crippen LogP contribution in [0.15, 0.2) is 84.0 Å². The van der Waals surface area contributed by atoms with Gasteiger partial charge in [-0.15, -0.1) is 0 Å². The van der Waals surface area contributed by atoms with E-state index in [1.54, 1.807) is 32.0 Å². The van der Waals surface area contributed by atoms with Gasteiger partial charge in [0.1, 0.15) is 0 Å². The number of benzene rings is 4. The molecule has 1 aliphatic rings. The second-order valence-corrected chi connectivity index (χ2v) is 13.4. The molecule has 3 nitrogen and oxygen atoms in total. The monoisotopic (exact) mass is 799 g/mol. The van der Waals surface area contributed by atoms with Crippen molar-refractivity contribution >= 4 is 86.7 Å². The Kier molecular flexibility index (Phi) is 12.0. The number of halogens is 12. The first-order valence-corrected chi connectivity index (χ1v) is 16.1. The lowest BCUT2D eigenvalue weighted by Crippen LogP contribution is -2.42. The molecule has 1 atom stereocenters. The molecular weight excluding hydrogens is 781 g/mol. The molecule has 0 spiro atoms. The third kappa shape index (κ3) is 9.25. The number of aryl methyl sites for hydroxylation is 2. The van der Waals surface area contributed by atoms with Gasteiger partial charge in [-0.2, -0.15) is 26.3 Å². The number of ketones is 1. The maximum absolute atomic E-state index is 13.9. The Morgan fingerprint density at radius 2 is 1.22 bits per heavy atom. The van der Waals surface area contributed by atoms with E-state index in [1.165, 1.54) is 42.5 Å². The van der Waals surface area contributed by atoms with Gasteiger partial charge in [-0.25, -0.2) is 0 Å². The first kappa shape index (κ1) is 38.9. The molecule has 0 radical (unpaired) electrons. The first-order chi connectivity index (χ1) is 22.7. The van der Waals surface area contributed by atoms with E-state index in [1.807, 2.05) is 0 Å². The van der Waals surface area contributed by atoms with Gasteiger partial charge in [0.2, 0.25) is 0 Å². The van der Waals surface area contributed by atoms with Gasteiger partial charge < -0.3 is 4.84 Å². The maximum Gasteiger partial charge on any atom is 0.435 e. The number of allylic oxidation sites excluding steroid dienone is 2. The van der Waals surface area contributed by atoms with Crippen LogP contribution in [0.1, 0.15) is 44.6 Å². The van der Waals surface area contributed by atoms with Crippen molar-refractivity contribution in [3.8, 4) is 0 Å². The zero-order valence-corrected chi connectivity index (χ0v) is 29.5. The maximum atomic E-state index is 13.9. The molecular formula is C34H21Cl6F6NO2. The molecule has 4 aromatic carbocycles. The van der Waals surface area contributed by atoms with Crippen molar-refractivity contribution in [2.45, 2.75) is 38.2 Å². The summed E-state index contributed by atoms with van der Waals surface area (Å²) in [5.41, 5.74) is -2.11. The van der Waals surface area contributed by atoms with E-state index in [4.69, 9.17) is 74.4 Å². The highest BCUT2D eigenvalue weighted by atomic mass is 35.5. The van der Waals surface area contributed by atoms with Crippen molar-refractivity contribution in [1.29, 1.82) is 0 Å². The summed E-state index contributed by atoms with van der Waals surface area (Å²) < 4.78 is 81.8. The van der Waals surface area contributed by atoms with E-state index in [-0.39, 0.29) is 42.5 Å². The molecule has 0 N–H and O–H groups in total. The summed E-state index contributed by atoms with van der Waals surface area (Å²) in [6, 6.07) is 16.4. The first-order valence-electron chi connectivity index (χ1n) is 13.8. The average molecular weight is 802 g/mol. The number of nitrogens with zero attached hydrogens (tertiary/aromatic N) is 1. The molecule has 5 rings (SSSR count). The number of oxime groups is 1. The van der Waals surface area contributed by atoms with Crippen molar-refractivity contribution < 1.29 is 36.0 Å². The molecule has 1 aliphatic heterocycles. The van der Waals surface area contributed by atoms with Gasteiger partial charge in [-0.05, 0) is 109 Å². The van der Waals surface area contributed by atoms with Crippen LogP contribution in [0.4, 0.5) is 26.3 Å². The molecule has 1 heterocycles. The van der Waals surface area contributed by atoms with Crippen molar-refractivity contribution in [2.24, 2.45) is 5.16 Å². The van der Waals surface area contributed by atoms with E-state index < -0.39 is 35.7 Å². The molecule has 0 amide bonds. The van der Waals surface area contributed by atoms with Gasteiger partial charge >= 0.3 is 12.4 Å². The van der Waals surface area contributed by atoms with Crippen LogP contribution in [0.25, 0.3) is 5.57 Å². The van der Waals surface area contributed by atoms with E-state index in [2.05, 4.69) is 5.16 Å². The summed E-state index contributed by atoms with van der Waals surface area (Å²) in [6.45, 7) is 3.42. The van der Waals surface area contributed by atoms with Crippen molar-refractivity contribution in [3.05, 3.63) is 142 Å². The fourth-order valence-corrected chi connectivity index (χ4v) is 6.01. The lowest BCUT2D eigenvalue weighted by molar-refractivity contribution is -0.275. The summed E-state index contributed by atoms with van der Waals surface area (Å²) in [5.74, 6) is -0.793. The number of hydrogen-bond acceptors (Lipinski definition) is 3. The van der Waals surface area contributed by atoms with Crippen molar-refractivity contribution in [3.63, 3.8) is 0 Å². The summed E-state index contributed by atoms with van der Waals surface area (Å²) in [7, 11) is 0. The van der Waals surface area contributed by atoms with Crippen molar-refractivity contribution in [2.75, 3.05) is 0 Å². The van der Waals surface area contributed by atoms with Gasteiger partial charge in [0, 0.05) is 47.7 Å². The third-order valence-corrected chi connectivity index (χ3v) is 8.92. The quantitative estimate of drug-likeness (QED) is 0.115. The van der Waals surface area contributed by atoms with Crippen LogP contribution >= 0.6 is 69.6 Å². The van der Waals surface area contributed by atoms with E-state index in [9.17, 15) is 31.1 Å². The molecule has 0 aromatic heterocycles. The minimum absolute atomic E-state index is 0.0439. The number of carbonyl (C=O) groups is 1. The Morgan fingerprint density at radius 3 is 1.71 bits per heavy atom. The minimum Gasteiger partial charge on any atom is -0.374 e. The minimum atomic E-state index is -4.74. The molecule has 1 unspecified atom stereocenters. The molecule has 0 bridgehead atoms. The Bertz CT molecular complexity index is 1940. The molecule has 0 saturated heterocycles.